The zero-order valence-corrected chi connectivity index (χ0v) is 13.6. The van der Waals surface area contributed by atoms with Crippen LogP contribution >= 0.6 is 12.4 Å². The molecule has 4 N–H and O–H groups in total. The number of nitrogens with one attached hydrogen (secondary N) is 3. The number of carbonyl (C=O) groups excluding carboxylic acids is 2. The molecule has 0 bridgehead atoms. The summed E-state index contributed by atoms with van der Waals surface area (Å²) in [5.74, 6) is 0.106. The molecule has 1 aliphatic carbocycles. The van der Waals surface area contributed by atoms with Gasteiger partial charge in [-0.15, -0.1) is 12.4 Å². The fraction of sp³-hybridized carbons (Fsp3) is 0.500. The Kier molecular flexibility index (Phi) is 5.98. The van der Waals surface area contributed by atoms with Gasteiger partial charge in [-0.1, -0.05) is 0 Å². The number of amides is 2. The number of hydrogen-bond acceptors (Lipinski definition) is 4. The second-order valence-corrected chi connectivity index (χ2v) is 6.04. The first kappa shape index (κ1) is 17.7. The third-order valence-electron chi connectivity index (χ3n) is 4.19. The summed E-state index contributed by atoms with van der Waals surface area (Å²) in [5.41, 5.74) is 1.26. The van der Waals surface area contributed by atoms with Gasteiger partial charge < -0.3 is 21.1 Å². The number of carbonyl (C=O) groups is 2. The van der Waals surface area contributed by atoms with E-state index in [0.717, 1.165) is 12.8 Å². The molecule has 0 spiro atoms. The summed E-state index contributed by atoms with van der Waals surface area (Å²) in [7, 11) is 0. The molecular formula is C16H22ClN3O3. The molecular weight excluding hydrogens is 318 g/mol. The first-order valence-electron chi connectivity index (χ1n) is 7.71. The highest BCUT2D eigenvalue weighted by Gasteiger charge is 2.29. The van der Waals surface area contributed by atoms with Crippen molar-refractivity contribution in [2.75, 3.05) is 25.0 Å². The first-order valence-corrected chi connectivity index (χ1v) is 7.71. The molecule has 0 radical (unpaired) electrons. The van der Waals surface area contributed by atoms with Crippen LogP contribution in [0.25, 0.3) is 0 Å². The second kappa shape index (κ2) is 7.77. The van der Waals surface area contributed by atoms with Crippen molar-refractivity contribution in [1.29, 1.82) is 0 Å². The van der Waals surface area contributed by atoms with Gasteiger partial charge in [0.15, 0.2) is 0 Å². The maximum Gasteiger partial charge on any atom is 0.251 e. The molecule has 1 aromatic rings. The second-order valence-electron chi connectivity index (χ2n) is 6.04. The minimum absolute atomic E-state index is 0. The van der Waals surface area contributed by atoms with E-state index in [2.05, 4.69) is 16.0 Å². The van der Waals surface area contributed by atoms with E-state index >= 15 is 0 Å². The quantitative estimate of drug-likeness (QED) is 0.637. The Hall–Kier alpha value is -1.63. The predicted octanol–water partition coefficient (Wildman–Crippen LogP) is 0.767. The van der Waals surface area contributed by atoms with Gasteiger partial charge in [-0.05, 0) is 37.1 Å². The van der Waals surface area contributed by atoms with Crippen LogP contribution in [0.2, 0.25) is 0 Å². The Labute approximate surface area is 141 Å². The number of hydrogen-bond donors (Lipinski definition) is 4. The van der Waals surface area contributed by atoms with Crippen molar-refractivity contribution in [1.82, 2.24) is 10.6 Å². The normalized spacial score (nSPS) is 23.0. The van der Waals surface area contributed by atoms with Crippen LogP contribution in [0.1, 0.15) is 23.2 Å². The lowest BCUT2D eigenvalue weighted by Gasteiger charge is -2.14. The van der Waals surface area contributed by atoms with Crippen molar-refractivity contribution >= 4 is 29.9 Å². The number of β-amino-alcohol motifs (C(OH)–C–C–N with tert-alkyl or cyclic N) is 1. The van der Waals surface area contributed by atoms with E-state index in [9.17, 15) is 14.7 Å². The van der Waals surface area contributed by atoms with Crippen LogP contribution in [0.3, 0.4) is 0 Å². The van der Waals surface area contributed by atoms with E-state index in [0.29, 0.717) is 30.9 Å². The van der Waals surface area contributed by atoms with Crippen molar-refractivity contribution < 1.29 is 14.7 Å². The van der Waals surface area contributed by atoms with Gasteiger partial charge in [0, 0.05) is 42.7 Å². The fourth-order valence-corrected chi connectivity index (χ4v) is 2.55. The Morgan fingerprint density at radius 2 is 1.87 bits per heavy atom. The molecule has 0 aromatic heterocycles. The van der Waals surface area contributed by atoms with Crippen LogP contribution in [0.4, 0.5) is 5.69 Å². The van der Waals surface area contributed by atoms with Crippen molar-refractivity contribution in [3.05, 3.63) is 29.8 Å². The van der Waals surface area contributed by atoms with E-state index in [-0.39, 0.29) is 36.1 Å². The van der Waals surface area contributed by atoms with E-state index < -0.39 is 6.10 Å². The lowest BCUT2D eigenvalue weighted by atomic mass is 10.1. The average Bonchev–Trinajstić information content (AvgIpc) is 3.29. The van der Waals surface area contributed by atoms with Gasteiger partial charge in [-0.3, -0.25) is 9.59 Å². The standard InChI is InChI=1S/C16H21N3O3.ClH/c20-14-9-17-7-12(14)8-18-15(21)10-3-5-13(6-4-10)19-16(22)11-1-2-11;/h3-6,11-12,14,17,20H,1-2,7-9H2,(H,18,21)(H,19,22);1H. The van der Waals surface area contributed by atoms with E-state index in [4.69, 9.17) is 0 Å². The first-order chi connectivity index (χ1) is 10.6. The third kappa shape index (κ3) is 4.67. The average molecular weight is 340 g/mol. The minimum atomic E-state index is -0.402. The maximum absolute atomic E-state index is 12.1. The largest absolute Gasteiger partial charge is 0.391 e. The third-order valence-corrected chi connectivity index (χ3v) is 4.19. The highest BCUT2D eigenvalue weighted by Crippen LogP contribution is 2.30. The van der Waals surface area contributed by atoms with E-state index in [1.165, 1.54) is 0 Å². The molecule has 2 amide bonds. The molecule has 126 valence electrons. The summed E-state index contributed by atoms with van der Waals surface area (Å²) in [6, 6.07) is 6.87. The Balaban J connectivity index is 0.00000192. The summed E-state index contributed by atoms with van der Waals surface area (Å²) in [5, 5.41) is 18.4. The topological polar surface area (TPSA) is 90.5 Å². The van der Waals surface area contributed by atoms with Crippen molar-refractivity contribution in [2.45, 2.75) is 18.9 Å². The number of rotatable bonds is 5. The molecule has 6 nitrogen and oxygen atoms in total. The van der Waals surface area contributed by atoms with Gasteiger partial charge in [0.05, 0.1) is 6.10 Å². The molecule has 3 rings (SSSR count). The molecule has 1 saturated heterocycles. The molecule has 2 fully saturated rings. The van der Waals surface area contributed by atoms with Gasteiger partial charge in [0.2, 0.25) is 5.91 Å². The van der Waals surface area contributed by atoms with Crippen LogP contribution in [-0.4, -0.2) is 42.7 Å². The van der Waals surface area contributed by atoms with Gasteiger partial charge in [-0.2, -0.15) is 0 Å². The lowest BCUT2D eigenvalue weighted by molar-refractivity contribution is -0.117. The van der Waals surface area contributed by atoms with Crippen LogP contribution in [0.5, 0.6) is 0 Å². The predicted molar refractivity (Wildman–Crippen MR) is 89.7 cm³/mol. The zero-order chi connectivity index (χ0) is 15.5. The summed E-state index contributed by atoms with van der Waals surface area (Å²) in [6.45, 7) is 1.75. The Bertz CT molecular complexity index is 560. The molecule has 23 heavy (non-hydrogen) atoms. The maximum atomic E-state index is 12.1. The number of halogens is 1. The fourth-order valence-electron chi connectivity index (χ4n) is 2.55. The molecule has 1 saturated carbocycles. The van der Waals surface area contributed by atoms with Crippen LogP contribution in [0, 0.1) is 11.8 Å². The van der Waals surface area contributed by atoms with Crippen LogP contribution in [0.15, 0.2) is 24.3 Å². The molecule has 2 unspecified atom stereocenters. The Morgan fingerprint density at radius 1 is 1.17 bits per heavy atom. The number of aliphatic hydroxyl groups is 1. The minimum Gasteiger partial charge on any atom is -0.391 e. The summed E-state index contributed by atoms with van der Waals surface area (Å²) < 4.78 is 0. The van der Waals surface area contributed by atoms with Crippen molar-refractivity contribution in [2.24, 2.45) is 11.8 Å². The summed E-state index contributed by atoms with van der Waals surface area (Å²) in [4.78, 5) is 23.7. The molecule has 7 heteroatoms. The zero-order valence-electron chi connectivity index (χ0n) is 12.7. The summed E-state index contributed by atoms with van der Waals surface area (Å²) >= 11 is 0. The van der Waals surface area contributed by atoms with E-state index in [1.54, 1.807) is 24.3 Å². The van der Waals surface area contributed by atoms with Crippen LogP contribution in [-0.2, 0) is 4.79 Å². The molecule has 2 aliphatic rings. The summed E-state index contributed by atoms with van der Waals surface area (Å²) in [6.07, 6.45) is 1.53. The van der Waals surface area contributed by atoms with Crippen molar-refractivity contribution in [3.63, 3.8) is 0 Å². The molecule has 1 heterocycles. The van der Waals surface area contributed by atoms with Gasteiger partial charge in [0.25, 0.3) is 5.91 Å². The highest BCUT2D eigenvalue weighted by molar-refractivity contribution is 5.96. The molecule has 1 aliphatic heterocycles. The monoisotopic (exact) mass is 339 g/mol. The smallest absolute Gasteiger partial charge is 0.251 e. The van der Waals surface area contributed by atoms with Gasteiger partial charge in [-0.25, -0.2) is 0 Å². The van der Waals surface area contributed by atoms with Crippen molar-refractivity contribution in [3.8, 4) is 0 Å². The number of benzene rings is 1. The molecule has 2 atom stereocenters. The molecule has 1 aromatic carbocycles. The number of anilines is 1. The van der Waals surface area contributed by atoms with Gasteiger partial charge in [0.1, 0.15) is 0 Å². The SMILES string of the molecule is Cl.O=C(NCC1CNCC1O)c1ccc(NC(=O)C2CC2)cc1. The van der Waals surface area contributed by atoms with Gasteiger partial charge >= 0.3 is 0 Å². The van der Waals surface area contributed by atoms with E-state index in [1.807, 2.05) is 0 Å². The Morgan fingerprint density at radius 3 is 2.43 bits per heavy atom. The lowest BCUT2D eigenvalue weighted by Crippen LogP contribution is -2.34. The number of aliphatic hydroxyl groups excluding tert-OH is 1. The highest BCUT2D eigenvalue weighted by atomic mass is 35.5. The van der Waals surface area contributed by atoms with Crippen LogP contribution < -0.4 is 16.0 Å².